The maximum absolute atomic E-state index is 10.1. The fourth-order valence-electron chi connectivity index (χ4n) is 3.21. The zero-order chi connectivity index (χ0) is 15.2. The van der Waals surface area contributed by atoms with Gasteiger partial charge in [-0.05, 0) is 42.9 Å². The van der Waals surface area contributed by atoms with Crippen LogP contribution in [-0.4, -0.2) is 30.4 Å². The van der Waals surface area contributed by atoms with Crippen LogP contribution in [0.5, 0.6) is 5.75 Å². The minimum Gasteiger partial charge on any atom is -0.491 e. The SMILES string of the molecule is CCC1CCC(NCC(O)COc2cccc(Br)c2)C1C. The number of hydrogen-bond donors (Lipinski definition) is 2. The maximum Gasteiger partial charge on any atom is 0.120 e. The van der Waals surface area contributed by atoms with Gasteiger partial charge in [0.15, 0.2) is 0 Å². The smallest absolute Gasteiger partial charge is 0.120 e. The minimum absolute atomic E-state index is 0.321. The van der Waals surface area contributed by atoms with Crippen molar-refractivity contribution in [3.8, 4) is 5.75 Å². The van der Waals surface area contributed by atoms with Gasteiger partial charge in [0.05, 0.1) is 0 Å². The molecule has 4 unspecified atom stereocenters. The Bertz CT molecular complexity index is 441. The standard InChI is InChI=1S/C17H26BrNO2/c1-3-13-7-8-17(12(13)2)19-10-15(20)11-21-16-6-4-5-14(18)9-16/h4-6,9,12-13,15,17,19-20H,3,7-8,10-11H2,1-2H3. The molecule has 0 radical (unpaired) electrons. The highest BCUT2D eigenvalue weighted by Crippen LogP contribution is 2.33. The molecule has 2 N–H and O–H groups in total. The highest BCUT2D eigenvalue weighted by atomic mass is 79.9. The summed E-state index contributed by atoms with van der Waals surface area (Å²) in [5, 5.41) is 13.6. The maximum atomic E-state index is 10.1. The Morgan fingerprint density at radius 1 is 1.43 bits per heavy atom. The van der Waals surface area contributed by atoms with Gasteiger partial charge in [-0.25, -0.2) is 0 Å². The lowest BCUT2D eigenvalue weighted by atomic mass is 9.93. The fraction of sp³-hybridized carbons (Fsp3) is 0.647. The Morgan fingerprint density at radius 2 is 2.24 bits per heavy atom. The molecule has 0 amide bonds. The number of benzene rings is 1. The molecule has 1 aliphatic carbocycles. The van der Waals surface area contributed by atoms with E-state index in [4.69, 9.17) is 4.74 Å². The van der Waals surface area contributed by atoms with Crippen molar-refractivity contribution in [2.24, 2.45) is 11.8 Å². The van der Waals surface area contributed by atoms with E-state index in [2.05, 4.69) is 35.1 Å². The zero-order valence-corrected chi connectivity index (χ0v) is 14.5. The van der Waals surface area contributed by atoms with Gasteiger partial charge >= 0.3 is 0 Å². The molecule has 21 heavy (non-hydrogen) atoms. The summed E-state index contributed by atoms with van der Waals surface area (Å²) < 4.78 is 6.60. The Kier molecular flexibility index (Phi) is 6.52. The van der Waals surface area contributed by atoms with Crippen LogP contribution in [0.2, 0.25) is 0 Å². The first kappa shape index (κ1) is 16.8. The quantitative estimate of drug-likeness (QED) is 0.784. The second-order valence-corrected chi connectivity index (χ2v) is 6.96. The summed E-state index contributed by atoms with van der Waals surface area (Å²) in [6.45, 7) is 5.51. The molecule has 0 heterocycles. The third-order valence-electron chi connectivity index (χ3n) is 4.61. The summed E-state index contributed by atoms with van der Waals surface area (Å²) in [6, 6.07) is 8.22. The summed E-state index contributed by atoms with van der Waals surface area (Å²) in [5.41, 5.74) is 0. The largest absolute Gasteiger partial charge is 0.491 e. The molecule has 0 aromatic heterocycles. The van der Waals surface area contributed by atoms with Gasteiger partial charge in [0.1, 0.15) is 18.5 Å². The van der Waals surface area contributed by atoms with E-state index in [1.165, 1.54) is 19.3 Å². The predicted molar refractivity (Wildman–Crippen MR) is 89.6 cm³/mol. The Labute approximate surface area is 136 Å². The van der Waals surface area contributed by atoms with E-state index in [0.29, 0.717) is 25.1 Å². The van der Waals surface area contributed by atoms with Crippen LogP contribution in [0.4, 0.5) is 0 Å². The molecule has 0 spiro atoms. The van der Waals surface area contributed by atoms with Crippen LogP contribution >= 0.6 is 15.9 Å². The van der Waals surface area contributed by atoms with Gasteiger partial charge in [-0.1, -0.05) is 42.3 Å². The van der Waals surface area contributed by atoms with Gasteiger partial charge in [-0.15, -0.1) is 0 Å². The summed E-state index contributed by atoms with van der Waals surface area (Å²) in [6.07, 6.45) is 3.31. The molecule has 0 aliphatic heterocycles. The molecule has 3 nitrogen and oxygen atoms in total. The van der Waals surface area contributed by atoms with Crippen LogP contribution in [-0.2, 0) is 0 Å². The summed E-state index contributed by atoms with van der Waals surface area (Å²) >= 11 is 3.41. The van der Waals surface area contributed by atoms with E-state index in [9.17, 15) is 5.11 Å². The van der Waals surface area contributed by atoms with Crippen molar-refractivity contribution in [1.82, 2.24) is 5.32 Å². The predicted octanol–water partition coefficient (Wildman–Crippen LogP) is 3.60. The van der Waals surface area contributed by atoms with E-state index in [1.807, 2.05) is 24.3 Å². The lowest BCUT2D eigenvalue weighted by molar-refractivity contribution is 0.101. The third kappa shape index (κ3) is 4.97. The van der Waals surface area contributed by atoms with Crippen molar-refractivity contribution in [2.75, 3.05) is 13.2 Å². The van der Waals surface area contributed by atoms with Gasteiger partial charge in [-0.3, -0.25) is 0 Å². The number of aliphatic hydroxyl groups excluding tert-OH is 1. The molecule has 1 aromatic rings. The monoisotopic (exact) mass is 355 g/mol. The molecular formula is C17H26BrNO2. The fourth-order valence-corrected chi connectivity index (χ4v) is 3.59. The average molecular weight is 356 g/mol. The Morgan fingerprint density at radius 3 is 2.90 bits per heavy atom. The Balaban J connectivity index is 1.69. The third-order valence-corrected chi connectivity index (χ3v) is 5.10. The number of nitrogens with one attached hydrogen (secondary N) is 1. The molecule has 0 saturated heterocycles. The van der Waals surface area contributed by atoms with Gasteiger partial charge in [0, 0.05) is 17.1 Å². The van der Waals surface area contributed by atoms with Crippen molar-refractivity contribution < 1.29 is 9.84 Å². The van der Waals surface area contributed by atoms with Crippen molar-refractivity contribution in [3.63, 3.8) is 0 Å². The highest BCUT2D eigenvalue weighted by Gasteiger charge is 2.31. The van der Waals surface area contributed by atoms with E-state index in [-0.39, 0.29) is 0 Å². The lowest BCUT2D eigenvalue weighted by Crippen LogP contribution is -2.39. The van der Waals surface area contributed by atoms with Crippen molar-refractivity contribution in [2.45, 2.75) is 45.3 Å². The van der Waals surface area contributed by atoms with Gasteiger partial charge in [-0.2, -0.15) is 0 Å². The second-order valence-electron chi connectivity index (χ2n) is 6.04. The number of ether oxygens (including phenoxy) is 1. The molecule has 1 saturated carbocycles. The van der Waals surface area contributed by atoms with Crippen LogP contribution in [0.25, 0.3) is 0 Å². The van der Waals surface area contributed by atoms with Gasteiger partial charge < -0.3 is 15.2 Å². The molecule has 1 aliphatic rings. The van der Waals surface area contributed by atoms with Crippen LogP contribution in [0.15, 0.2) is 28.7 Å². The summed E-state index contributed by atoms with van der Waals surface area (Å²) in [7, 11) is 0. The number of rotatable bonds is 7. The Hall–Kier alpha value is -0.580. The average Bonchev–Trinajstić information content (AvgIpc) is 2.83. The van der Waals surface area contributed by atoms with E-state index < -0.39 is 6.10 Å². The molecule has 1 fully saturated rings. The number of hydrogen-bond acceptors (Lipinski definition) is 3. The zero-order valence-electron chi connectivity index (χ0n) is 12.9. The van der Waals surface area contributed by atoms with Gasteiger partial charge in [0.25, 0.3) is 0 Å². The molecule has 1 aromatic carbocycles. The minimum atomic E-state index is -0.475. The van der Waals surface area contributed by atoms with Crippen molar-refractivity contribution >= 4 is 15.9 Å². The van der Waals surface area contributed by atoms with E-state index >= 15 is 0 Å². The van der Waals surface area contributed by atoms with Crippen LogP contribution < -0.4 is 10.1 Å². The summed E-state index contributed by atoms with van der Waals surface area (Å²) in [4.78, 5) is 0. The first-order valence-corrected chi connectivity index (χ1v) is 8.69. The van der Waals surface area contributed by atoms with E-state index in [0.717, 1.165) is 16.1 Å². The van der Waals surface area contributed by atoms with Gasteiger partial charge in [0.2, 0.25) is 0 Å². The van der Waals surface area contributed by atoms with Crippen molar-refractivity contribution in [3.05, 3.63) is 28.7 Å². The molecule has 2 rings (SSSR count). The highest BCUT2D eigenvalue weighted by molar-refractivity contribution is 9.10. The lowest BCUT2D eigenvalue weighted by Gasteiger charge is -2.22. The number of halogens is 1. The molecule has 0 bridgehead atoms. The molecule has 4 atom stereocenters. The van der Waals surface area contributed by atoms with Crippen LogP contribution in [0.3, 0.4) is 0 Å². The molecule has 4 heteroatoms. The first-order valence-electron chi connectivity index (χ1n) is 7.90. The molecular weight excluding hydrogens is 330 g/mol. The summed E-state index contributed by atoms with van der Waals surface area (Å²) in [5.74, 6) is 2.31. The second kappa shape index (κ2) is 8.16. The van der Waals surface area contributed by atoms with Crippen LogP contribution in [0.1, 0.15) is 33.1 Å². The van der Waals surface area contributed by atoms with E-state index in [1.54, 1.807) is 0 Å². The van der Waals surface area contributed by atoms with Crippen molar-refractivity contribution in [1.29, 1.82) is 0 Å². The number of aliphatic hydroxyl groups is 1. The first-order chi connectivity index (χ1) is 10.1. The van der Waals surface area contributed by atoms with Crippen LogP contribution in [0, 0.1) is 11.8 Å². The molecule has 118 valence electrons. The normalized spacial score (nSPS) is 26.8. The topological polar surface area (TPSA) is 41.5 Å².